The van der Waals surface area contributed by atoms with Crippen LogP contribution >= 0.6 is 0 Å². The fourth-order valence-electron chi connectivity index (χ4n) is 5.16. The van der Waals surface area contributed by atoms with E-state index in [0.717, 1.165) is 5.56 Å². The molecule has 4 N–H and O–H groups in total. The number of imidazole rings is 1. The van der Waals surface area contributed by atoms with Crippen molar-refractivity contribution >= 4 is 41.0 Å². The minimum Gasteiger partial charge on any atom is -0.478 e. The van der Waals surface area contributed by atoms with E-state index in [0.29, 0.717) is 23.3 Å². The quantitative estimate of drug-likeness (QED) is 0.224. The molecule has 14 heteroatoms. The van der Waals surface area contributed by atoms with E-state index in [4.69, 9.17) is 14.2 Å². The number of anilines is 1. The van der Waals surface area contributed by atoms with E-state index in [1.807, 2.05) is 36.4 Å². The number of hydrogen-bond acceptors (Lipinski definition) is 9. The molecule has 14 nitrogen and oxygen atoms in total. The lowest BCUT2D eigenvalue weighted by molar-refractivity contribution is -0.152. The molecule has 4 aromatic rings. The average molecular weight is 600 g/mol. The summed E-state index contributed by atoms with van der Waals surface area (Å²) >= 11 is 0. The molecular weight excluding hydrogens is 570 g/mol. The van der Waals surface area contributed by atoms with Gasteiger partial charge in [0, 0.05) is 13.1 Å². The number of fused-ring (bicyclic) bond motifs is 2. The smallest absolute Gasteiger partial charge is 0.336 e. The zero-order valence-electron chi connectivity index (χ0n) is 23.5. The Labute approximate surface area is 251 Å². The summed E-state index contributed by atoms with van der Waals surface area (Å²) in [4.78, 5) is 50.2. The summed E-state index contributed by atoms with van der Waals surface area (Å²) in [5.41, 5.74) is 2.14. The normalized spacial score (nSPS) is 22.6. The number of ether oxygens (including phenoxy) is 3. The lowest BCUT2D eigenvalue weighted by Gasteiger charge is -2.20. The molecule has 4 heterocycles. The Morgan fingerprint density at radius 1 is 0.955 bits per heavy atom. The summed E-state index contributed by atoms with van der Waals surface area (Å²) < 4.78 is 20.3. The molecule has 2 aliphatic heterocycles. The number of hydrogen-bond donors (Lipinski definition) is 4. The third-order valence-corrected chi connectivity index (χ3v) is 7.18. The number of carbonyl (C=O) groups is 3. The van der Waals surface area contributed by atoms with Gasteiger partial charge in [-0.15, -0.1) is 0 Å². The molecule has 2 aromatic heterocycles. The van der Waals surface area contributed by atoms with E-state index in [9.17, 15) is 19.5 Å². The Hall–Kier alpha value is -5.18. The number of amides is 3. The first-order valence-corrected chi connectivity index (χ1v) is 13.9. The van der Waals surface area contributed by atoms with Gasteiger partial charge in [0.25, 0.3) is 5.91 Å². The van der Waals surface area contributed by atoms with Crippen molar-refractivity contribution in [2.24, 2.45) is 0 Å². The maximum absolute atomic E-state index is 13.5. The molecule has 0 saturated carbocycles. The zero-order valence-corrected chi connectivity index (χ0v) is 23.5. The van der Waals surface area contributed by atoms with Crippen molar-refractivity contribution in [2.75, 3.05) is 11.9 Å². The highest BCUT2D eigenvalue weighted by Crippen LogP contribution is 2.41. The van der Waals surface area contributed by atoms with Gasteiger partial charge in [0.15, 0.2) is 35.6 Å². The van der Waals surface area contributed by atoms with Crippen LogP contribution in [0, 0.1) is 0 Å². The van der Waals surface area contributed by atoms with Crippen molar-refractivity contribution < 1.29 is 33.7 Å². The van der Waals surface area contributed by atoms with E-state index in [2.05, 4.69) is 30.9 Å². The number of benzene rings is 2. The highest BCUT2D eigenvalue weighted by molar-refractivity contribution is 5.95. The van der Waals surface area contributed by atoms with Gasteiger partial charge in [0.1, 0.15) is 18.5 Å². The minimum absolute atomic E-state index is 0.0303. The molecule has 0 radical (unpaired) electrons. The average Bonchev–Trinajstić information content (AvgIpc) is 3.74. The molecule has 2 saturated heterocycles. The Bertz CT molecular complexity index is 1710. The van der Waals surface area contributed by atoms with Gasteiger partial charge in [-0.2, -0.15) is 0 Å². The van der Waals surface area contributed by atoms with Crippen LogP contribution in [0.25, 0.3) is 17.2 Å². The Morgan fingerprint density at radius 3 is 2.52 bits per heavy atom. The number of nitrogens with one attached hydrogen (secondary N) is 3. The van der Waals surface area contributed by atoms with Crippen LogP contribution in [0.4, 0.5) is 10.6 Å². The third kappa shape index (κ3) is 5.86. The molecular formula is C30H29N7O7. The summed E-state index contributed by atoms with van der Waals surface area (Å²) in [6.45, 7) is 2.19. The van der Waals surface area contributed by atoms with Crippen molar-refractivity contribution in [2.45, 2.75) is 44.3 Å². The molecule has 2 fully saturated rings. The van der Waals surface area contributed by atoms with E-state index in [1.165, 1.54) is 18.7 Å². The van der Waals surface area contributed by atoms with Gasteiger partial charge in [-0.05, 0) is 30.2 Å². The maximum Gasteiger partial charge on any atom is 0.336 e. The van der Waals surface area contributed by atoms with Gasteiger partial charge in [0.2, 0.25) is 0 Å². The fraction of sp³-hybridized carbons (Fsp3) is 0.267. The number of nitrogens with zero attached hydrogens (tertiary/aromatic N) is 4. The number of carboxylic acid groups (broad SMARTS) is 1. The number of carbonyl (C=O) groups excluding carboxylic acids is 2. The topological polar surface area (TPSA) is 179 Å². The van der Waals surface area contributed by atoms with Crippen LogP contribution in [0.3, 0.4) is 0 Å². The molecule has 0 aliphatic carbocycles. The zero-order chi connectivity index (χ0) is 30.6. The van der Waals surface area contributed by atoms with Crippen LogP contribution in [0.15, 0.2) is 73.3 Å². The Morgan fingerprint density at radius 2 is 1.73 bits per heavy atom. The fourth-order valence-corrected chi connectivity index (χ4v) is 5.16. The maximum atomic E-state index is 13.5. The van der Waals surface area contributed by atoms with Crippen LogP contribution in [-0.2, 0) is 25.5 Å². The second kappa shape index (κ2) is 12.6. The largest absolute Gasteiger partial charge is 0.478 e. The predicted molar refractivity (Wildman–Crippen MR) is 156 cm³/mol. The van der Waals surface area contributed by atoms with E-state index in [1.54, 1.807) is 35.8 Å². The van der Waals surface area contributed by atoms with Gasteiger partial charge in [-0.3, -0.25) is 14.7 Å². The number of rotatable bonds is 9. The molecule has 2 aromatic carbocycles. The van der Waals surface area contributed by atoms with Gasteiger partial charge in [0.05, 0.1) is 11.9 Å². The van der Waals surface area contributed by atoms with Gasteiger partial charge >= 0.3 is 12.0 Å². The van der Waals surface area contributed by atoms with Crippen molar-refractivity contribution in [1.29, 1.82) is 0 Å². The highest BCUT2D eigenvalue weighted by atomic mass is 16.8. The second-order valence-electron chi connectivity index (χ2n) is 10.00. The van der Waals surface area contributed by atoms with Gasteiger partial charge < -0.3 is 30.0 Å². The predicted octanol–water partition coefficient (Wildman–Crippen LogP) is 2.70. The molecule has 226 valence electrons. The minimum atomic E-state index is -1.11. The Balaban J connectivity index is 1.27. The number of aromatic carboxylic acids is 1. The van der Waals surface area contributed by atoms with E-state index >= 15 is 0 Å². The Kier molecular flexibility index (Phi) is 8.27. The molecule has 0 bridgehead atoms. The SMILES string of the molecule is CCNC(=O)Nc1ncnc2c1ncn2C1OC(C(=O)NCc2ccccc2C(=O)O)C2O[C@H](C=Cc3ccccc3)OC21. The highest BCUT2D eigenvalue weighted by Gasteiger charge is 2.56. The van der Waals surface area contributed by atoms with Crippen molar-refractivity contribution in [3.63, 3.8) is 0 Å². The molecule has 3 amide bonds. The molecule has 5 atom stereocenters. The molecule has 44 heavy (non-hydrogen) atoms. The number of urea groups is 1. The molecule has 6 rings (SSSR count). The van der Waals surface area contributed by atoms with Gasteiger partial charge in [-0.1, -0.05) is 54.6 Å². The van der Waals surface area contributed by atoms with Crippen molar-refractivity contribution in [3.05, 3.63) is 90.0 Å². The van der Waals surface area contributed by atoms with Crippen LogP contribution in [0.5, 0.6) is 0 Å². The lowest BCUT2D eigenvalue weighted by atomic mass is 10.1. The first kappa shape index (κ1) is 28.9. The monoisotopic (exact) mass is 599 g/mol. The molecule has 4 unspecified atom stereocenters. The van der Waals surface area contributed by atoms with Gasteiger partial charge in [-0.25, -0.2) is 24.5 Å². The number of aromatic nitrogens is 4. The van der Waals surface area contributed by atoms with Crippen molar-refractivity contribution in [1.82, 2.24) is 30.2 Å². The van der Waals surface area contributed by atoms with E-state index < -0.39 is 48.7 Å². The van der Waals surface area contributed by atoms with Crippen LogP contribution in [0.1, 0.15) is 34.6 Å². The summed E-state index contributed by atoms with van der Waals surface area (Å²) in [7, 11) is 0. The first-order valence-electron chi connectivity index (χ1n) is 13.9. The van der Waals surface area contributed by atoms with E-state index in [-0.39, 0.29) is 17.9 Å². The molecule has 2 aliphatic rings. The van der Waals surface area contributed by atoms with Crippen LogP contribution < -0.4 is 16.0 Å². The first-order chi connectivity index (χ1) is 21.4. The van der Waals surface area contributed by atoms with Crippen LogP contribution in [0.2, 0.25) is 0 Å². The summed E-state index contributed by atoms with van der Waals surface area (Å²) in [6.07, 6.45) is 2.06. The summed E-state index contributed by atoms with van der Waals surface area (Å²) in [6, 6.07) is 15.6. The molecule has 0 spiro atoms. The second-order valence-corrected chi connectivity index (χ2v) is 10.00. The standard InChI is InChI=1S/C30H29N7O7/c1-2-31-30(41)36-25-21-26(34-15-33-25)37(16-35-21)28-24-22(42-20(43-24)13-12-17-8-4-3-5-9-17)23(44-28)27(38)32-14-18-10-6-7-11-19(18)29(39)40/h3-13,15-16,20,22-24,28H,2,14H2,1H3,(H,32,38)(H,39,40)(H2,31,33,34,36,41)/t20-,22?,23?,24?,28?/m0/s1. The lowest BCUT2D eigenvalue weighted by Crippen LogP contribution is -2.42. The van der Waals surface area contributed by atoms with Crippen molar-refractivity contribution in [3.8, 4) is 0 Å². The summed E-state index contributed by atoms with van der Waals surface area (Å²) in [5.74, 6) is -1.40. The van der Waals surface area contributed by atoms with Crippen LogP contribution in [-0.4, -0.2) is 73.7 Å². The number of carboxylic acids is 1. The summed E-state index contributed by atoms with van der Waals surface area (Å²) in [5, 5.41) is 17.6. The third-order valence-electron chi connectivity index (χ3n) is 7.18.